The molecule has 0 radical (unpaired) electrons. The number of carbonyl (C=O) groups excluding carboxylic acids is 1. The van der Waals surface area contributed by atoms with Crippen molar-refractivity contribution in [3.05, 3.63) is 0 Å². The highest BCUT2D eigenvalue weighted by atomic mass is 16.5. The smallest absolute Gasteiger partial charge is 0.237 e. The molecule has 2 unspecified atom stereocenters. The van der Waals surface area contributed by atoms with Crippen molar-refractivity contribution in [1.29, 1.82) is 0 Å². The molecule has 0 heterocycles. The molecule has 5 nitrogen and oxygen atoms in total. The summed E-state index contributed by atoms with van der Waals surface area (Å²) in [5, 5.41) is 6.25. The van der Waals surface area contributed by atoms with E-state index in [9.17, 15) is 4.79 Å². The number of carbonyl (C=O) groups is 1. The first-order valence-corrected chi connectivity index (χ1v) is 6.72. The Labute approximate surface area is 110 Å². The summed E-state index contributed by atoms with van der Waals surface area (Å²) < 4.78 is 10.3. The van der Waals surface area contributed by atoms with Gasteiger partial charge in [0.2, 0.25) is 5.91 Å². The second-order valence-corrected chi connectivity index (χ2v) is 4.93. The number of amides is 1. The maximum absolute atomic E-state index is 11.9. The Balaban J connectivity index is 2.21. The van der Waals surface area contributed by atoms with Gasteiger partial charge in [0.15, 0.2) is 0 Å². The van der Waals surface area contributed by atoms with Crippen LogP contribution in [0, 0.1) is 0 Å². The predicted molar refractivity (Wildman–Crippen MR) is 70.5 cm³/mol. The van der Waals surface area contributed by atoms with E-state index in [-0.39, 0.29) is 18.1 Å². The fourth-order valence-corrected chi connectivity index (χ4v) is 2.19. The van der Waals surface area contributed by atoms with Gasteiger partial charge in [0.25, 0.3) is 0 Å². The van der Waals surface area contributed by atoms with Crippen LogP contribution in [-0.2, 0) is 14.3 Å². The van der Waals surface area contributed by atoms with E-state index < -0.39 is 0 Å². The number of ether oxygens (including phenoxy) is 2. The first-order chi connectivity index (χ1) is 8.67. The molecule has 0 aromatic heterocycles. The van der Waals surface area contributed by atoms with Gasteiger partial charge in [0.05, 0.1) is 18.8 Å². The average molecular weight is 258 g/mol. The minimum atomic E-state index is -0.194. The molecule has 0 aromatic rings. The first kappa shape index (κ1) is 15.4. The van der Waals surface area contributed by atoms with Gasteiger partial charge < -0.3 is 20.1 Å². The minimum Gasteiger partial charge on any atom is -0.382 e. The highest BCUT2D eigenvalue weighted by Gasteiger charge is 2.20. The lowest BCUT2D eigenvalue weighted by Crippen LogP contribution is -2.48. The molecule has 0 bridgehead atoms. The van der Waals surface area contributed by atoms with Crippen molar-refractivity contribution < 1.29 is 14.3 Å². The van der Waals surface area contributed by atoms with Crippen molar-refractivity contribution in [2.24, 2.45) is 0 Å². The van der Waals surface area contributed by atoms with Crippen LogP contribution in [0.25, 0.3) is 0 Å². The van der Waals surface area contributed by atoms with Crippen LogP contribution in [0.3, 0.4) is 0 Å². The van der Waals surface area contributed by atoms with E-state index in [0.29, 0.717) is 19.2 Å². The summed E-state index contributed by atoms with van der Waals surface area (Å²) in [5.41, 5.74) is 0. The molecule has 5 heteroatoms. The zero-order valence-corrected chi connectivity index (χ0v) is 11.7. The second kappa shape index (κ2) is 8.45. The highest BCUT2D eigenvalue weighted by molar-refractivity contribution is 5.81. The van der Waals surface area contributed by atoms with Crippen LogP contribution < -0.4 is 10.6 Å². The van der Waals surface area contributed by atoms with Crippen LogP contribution in [0.2, 0.25) is 0 Å². The second-order valence-electron chi connectivity index (χ2n) is 4.93. The normalized spacial score (nSPS) is 19.7. The molecule has 1 aliphatic carbocycles. The van der Waals surface area contributed by atoms with Crippen molar-refractivity contribution in [3.8, 4) is 0 Å². The van der Waals surface area contributed by atoms with E-state index in [0.717, 1.165) is 12.8 Å². The first-order valence-electron chi connectivity index (χ1n) is 6.72. The molecule has 0 spiro atoms. The minimum absolute atomic E-state index is 0.0169. The largest absolute Gasteiger partial charge is 0.382 e. The van der Waals surface area contributed by atoms with Crippen LogP contribution in [0.1, 0.15) is 32.6 Å². The van der Waals surface area contributed by atoms with Gasteiger partial charge in [-0.25, -0.2) is 0 Å². The van der Waals surface area contributed by atoms with E-state index >= 15 is 0 Å². The Hall–Kier alpha value is -0.650. The molecule has 0 aromatic carbocycles. The Morgan fingerprint density at radius 1 is 1.33 bits per heavy atom. The quantitative estimate of drug-likeness (QED) is 0.672. The zero-order chi connectivity index (χ0) is 13.4. The molecule has 1 rings (SSSR count). The Bertz CT molecular complexity index is 242. The third-order valence-electron chi connectivity index (χ3n) is 3.43. The summed E-state index contributed by atoms with van der Waals surface area (Å²) in [5.74, 6) is 0.0779. The molecule has 2 atom stereocenters. The molecule has 0 saturated heterocycles. The van der Waals surface area contributed by atoms with Crippen molar-refractivity contribution >= 4 is 5.91 Å². The zero-order valence-electron chi connectivity index (χ0n) is 11.7. The molecule has 1 fully saturated rings. The maximum Gasteiger partial charge on any atom is 0.237 e. The molecule has 1 saturated carbocycles. The SMILES string of the molecule is COCC(CNC(C)C(=O)NC1CCCC1)OC. The number of hydrogen-bond acceptors (Lipinski definition) is 4. The van der Waals surface area contributed by atoms with Gasteiger partial charge in [0.1, 0.15) is 0 Å². The Morgan fingerprint density at radius 2 is 2.00 bits per heavy atom. The van der Waals surface area contributed by atoms with Crippen LogP contribution in [-0.4, -0.2) is 51.5 Å². The summed E-state index contributed by atoms with van der Waals surface area (Å²) in [7, 11) is 3.29. The lowest BCUT2D eigenvalue weighted by Gasteiger charge is -2.20. The average Bonchev–Trinajstić information content (AvgIpc) is 2.86. The number of nitrogens with one attached hydrogen (secondary N) is 2. The van der Waals surface area contributed by atoms with E-state index in [4.69, 9.17) is 9.47 Å². The highest BCUT2D eigenvalue weighted by Crippen LogP contribution is 2.17. The monoisotopic (exact) mass is 258 g/mol. The standard InChI is InChI=1S/C13H26N2O3/c1-10(14-8-12(18-3)9-17-2)13(16)15-11-6-4-5-7-11/h10-12,14H,4-9H2,1-3H3,(H,15,16). The Morgan fingerprint density at radius 3 is 2.56 bits per heavy atom. The maximum atomic E-state index is 11.9. The lowest BCUT2D eigenvalue weighted by atomic mass is 10.2. The topological polar surface area (TPSA) is 59.6 Å². The van der Waals surface area contributed by atoms with Gasteiger partial charge in [-0.1, -0.05) is 12.8 Å². The summed E-state index contributed by atoms with van der Waals surface area (Å²) >= 11 is 0. The van der Waals surface area contributed by atoms with E-state index in [2.05, 4.69) is 10.6 Å². The lowest BCUT2D eigenvalue weighted by molar-refractivity contribution is -0.123. The third kappa shape index (κ3) is 5.33. The van der Waals surface area contributed by atoms with Gasteiger partial charge >= 0.3 is 0 Å². The van der Waals surface area contributed by atoms with Crippen LogP contribution in [0.5, 0.6) is 0 Å². The van der Waals surface area contributed by atoms with E-state index in [1.54, 1.807) is 14.2 Å². The van der Waals surface area contributed by atoms with E-state index in [1.165, 1.54) is 12.8 Å². The van der Waals surface area contributed by atoms with Gasteiger partial charge in [0, 0.05) is 26.8 Å². The van der Waals surface area contributed by atoms with Crippen molar-refractivity contribution in [2.45, 2.75) is 50.8 Å². The summed E-state index contributed by atoms with van der Waals surface area (Å²) in [6, 6.07) is 0.180. The van der Waals surface area contributed by atoms with Gasteiger partial charge in [-0.2, -0.15) is 0 Å². The molecule has 1 amide bonds. The van der Waals surface area contributed by atoms with Crippen LogP contribution in [0.15, 0.2) is 0 Å². The molecule has 2 N–H and O–H groups in total. The predicted octanol–water partition coefficient (Wildman–Crippen LogP) is 0.685. The van der Waals surface area contributed by atoms with Crippen molar-refractivity contribution in [2.75, 3.05) is 27.4 Å². The summed E-state index contributed by atoms with van der Waals surface area (Å²) in [6.07, 6.45) is 4.67. The number of rotatable bonds is 8. The molecule has 0 aliphatic heterocycles. The van der Waals surface area contributed by atoms with Gasteiger partial charge in [-0.15, -0.1) is 0 Å². The summed E-state index contributed by atoms with van der Waals surface area (Å²) in [6.45, 7) is 3.02. The van der Waals surface area contributed by atoms with Crippen molar-refractivity contribution in [1.82, 2.24) is 10.6 Å². The molecular formula is C13H26N2O3. The number of methoxy groups -OCH3 is 2. The molecular weight excluding hydrogens is 232 g/mol. The van der Waals surface area contributed by atoms with E-state index in [1.807, 2.05) is 6.92 Å². The summed E-state index contributed by atoms with van der Waals surface area (Å²) in [4.78, 5) is 11.9. The molecule has 18 heavy (non-hydrogen) atoms. The number of hydrogen-bond donors (Lipinski definition) is 2. The fourth-order valence-electron chi connectivity index (χ4n) is 2.19. The Kier molecular flexibility index (Phi) is 7.23. The van der Waals surface area contributed by atoms with Crippen LogP contribution in [0.4, 0.5) is 0 Å². The van der Waals surface area contributed by atoms with Gasteiger partial charge in [-0.05, 0) is 19.8 Å². The van der Waals surface area contributed by atoms with Gasteiger partial charge in [-0.3, -0.25) is 4.79 Å². The molecule has 106 valence electrons. The fraction of sp³-hybridized carbons (Fsp3) is 0.923. The third-order valence-corrected chi connectivity index (χ3v) is 3.43. The molecule has 1 aliphatic rings. The van der Waals surface area contributed by atoms with Crippen molar-refractivity contribution in [3.63, 3.8) is 0 Å². The van der Waals surface area contributed by atoms with Crippen LogP contribution >= 0.6 is 0 Å².